The van der Waals surface area contributed by atoms with E-state index in [1.165, 1.54) is 31.0 Å². The molecule has 0 radical (unpaired) electrons. The summed E-state index contributed by atoms with van der Waals surface area (Å²) in [6.07, 6.45) is 1.54. The molecule has 100 valence electrons. The molecule has 1 aromatic carbocycles. The zero-order valence-electron chi connectivity index (χ0n) is 10.4. The van der Waals surface area contributed by atoms with Crippen molar-refractivity contribution in [3.63, 3.8) is 0 Å². The third-order valence-corrected chi connectivity index (χ3v) is 3.36. The van der Waals surface area contributed by atoms with Crippen LogP contribution in [0.1, 0.15) is 6.92 Å². The number of esters is 1. The SMILES string of the molecule is COC(=O)C(C)Sc1ncc(-c2ccc(F)cc2)o1. The number of ether oxygens (including phenoxy) is 1. The lowest BCUT2D eigenvalue weighted by Gasteiger charge is -2.04. The van der Waals surface area contributed by atoms with Gasteiger partial charge < -0.3 is 9.15 Å². The Morgan fingerprint density at radius 1 is 1.42 bits per heavy atom. The predicted molar refractivity (Wildman–Crippen MR) is 69.2 cm³/mol. The highest BCUT2D eigenvalue weighted by molar-refractivity contribution is 8.00. The number of halogens is 1. The van der Waals surface area contributed by atoms with Crippen molar-refractivity contribution in [1.29, 1.82) is 0 Å². The Morgan fingerprint density at radius 3 is 2.74 bits per heavy atom. The van der Waals surface area contributed by atoms with E-state index < -0.39 is 5.25 Å². The fourth-order valence-corrected chi connectivity index (χ4v) is 2.17. The number of carbonyl (C=O) groups excluding carboxylic acids is 1. The summed E-state index contributed by atoms with van der Waals surface area (Å²) in [4.78, 5) is 15.3. The summed E-state index contributed by atoms with van der Waals surface area (Å²) >= 11 is 1.17. The topological polar surface area (TPSA) is 52.3 Å². The molecule has 1 unspecified atom stereocenters. The number of hydrogen-bond donors (Lipinski definition) is 0. The first-order valence-electron chi connectivity index (χ1n) is 5.56. The highest BCUT2D eigenvalue weighted by Crippen LogP contribution is 2.28. The fourth-order valence-electron chi connectivity index (χ4n) is 1.43. The highest BCUT2D eigenvalue weighted by atomic mass is 32.2. The largest absolute Gasteiger partial charge is 0.468 e. The summed E-state index contributed by atoms with van der Waals surface area (Å²) in [5, 5.41) is -0.0260. The summed E-state index contributed by atoms with van der Waals surface area (Å²) in [7, 11) is 1.33. The molecule has 1 aromatic heterocycles. The van der Waals surface area contributed by atoms with Crippen LogP contribution in [0.4, 0.5) is 4.39 Å². The molecular formula is C13H12FNO3S. The molecule has 1 atom stereocenters. The van der Waals surface area contributed by atoms with E-state index in [-0.39, 0.29) is 11.8 Å². The van der Waals surface area contributed by atoms with Crippen LogP contribution in [0.15, 0.2) is 40.1 Å². The van der Waals surface area contributed by atoms with Gasteiger partial charge in [-0.3, -0.25) is 4.79 Å². The molecule has 1 heterocycles. The van der Waals surface area contributed by atoms with Crippen LogP contribution in [0.3, 0.4) is 0 Å². The van der Waals surface area contributed by atoms with E-state index in [0.29, 0.717) is 11.0 Å². The third-order valence-electron chi connectivity index (χ3n) is 2.42. The first-order chi connectivity index (χ1) is 9.10. The van der Waals surface area contributed by atoms with Crippen LogP contribution in [0, 0.1) is 5.82 Å². The molecule has 2 aromatic rings. The van der Waals surface area contributed by atoms with Gasteiger partial charge in [-0.15, -0.1) is 0 Å². The number of rotatable bonds is 4. The first-order valence-corrected chi connectivity index (χ1v) is 6.44. The Hall–Kier alpha value is -1.82. The van der Waals surface area contributed by atoms with Crippen molar-refractivity contribution in [2.75, 3.05) is 7.11 Å². The molecule has 0 spiro atoms. The number of aromatic nitrogens is 1. The number of hydrogen-bond acceptors (Lipinski definition) is 5. The second kappa shape index (κ2) is 5.88. The fraction of sp³-hybridized carbons (Fsp3) is 0.231. The van der Waals surface area contributed by atoms with Gasteiger partial charge in [0.2, 0.25) is 0 Å². The molecule has 19 heavy (non-hydrogen) atoms. The van der Waals surface area contributed by atoms with Gasteiger partial charge in [0.25, 0.3) is 5.22 Å². The van der Waals surface area contributed by atoms with E-state index in [1.54, 1.807) is 25.3 Å². The van der Waals surface area contributed by atoms with Gasteiger partial charge in [-0.25, -0.2) is 9.37 Å². The average Bonchev–Trinajstić information content (AvgIpc) is 2.87. The van der Waals surface area contributed by atoms with Gasteiger partial charge in [0.15, 0.2) is 5.76 Å². The summed E-state index contributed by atoms with van der Waals surface area (Å²) in [6, 6.07) is 5.91. The van der Waals surface area contributed by atoms with Crippen LogP contribution >= 0.6 is 11.8 Å². The van der Waals surface area contributed by atoms with E-state index in [4.69, 9.17) is 4.42 Å². The Balaban J connectivity index is 2.11. The number of benzene rings is 1. The molecule has 0 aliphatic carbocycles. The summed E-state index contributed by atoms with van der Waals surface area (Å²) < 4.78 is 22.9. The lowest BCUT2D eigenvalue weighted by Crippen LogP contribution is -2.14. The number of carbonyl (C=O) groups is 1. The van der Waals surface area contributed by atoms with Gasteiger partial charge in [-0.1, -0.05) is 11.8 Å². The van der Waals surface area contributed by atoms with E-state index in [9.17, 15) is 9.18 Å². The summed E-state index contributed by atoms with van der Waals surface area (Å²) in [6.45, 7) is 1.71. The van der Waals surface area contributed by atoms with Crippen molar-refractivity contribution >= 4 is 17.7 Å². The quantitative estimate of drug-likeness (QED) is 0.636. The lowest BCUT2D eigenvalue weighted by molar-refractivity contribution is -0.139. The Bertz CT molecular complexity index is 568. The van der Waals surface area contributed by atoms with Crippen LogP contribution in [0.2, 0.25) is 0 Å². The molecule has 0 N–H and O–H groups in total. The number of methoxy groups -OCH3 is 1. The maximum atomic E-state index is 12.8. The summed E-state index contributed by atoms with van der Waals surface area (Å²) in [5.74, 6) is -0.122. The van der Waals surface area contributed by atoms with Crippen LogP contribution in [0.5, 0.6) is 0 Å². The molecule has 0 amide bonds. The van der Waals surface area contributed by atoms with Crippen molar-refractivity contribution in [2.24, 2.45) is 0 Å². The van der Waals surface area contributed by atoms with Crippen LogP contribution in [-0.2, 0) is 9.53 Å². The molecular weight excluding hydrogens is 269 g/mol. The van der Waals surface area contributed by atoms with Gasteiger partial charge in [-0.05, 0) is 31.2 Å². The van der Waals surface area contributed by atoms with E-state index in [1.807, 2.05) is 0 Å². The zero-order valence-corrected chi connectivity index (χ0v) is 11.2. The molecule has 0 bridgehead atoms. The van der Waals surface area contributed by atoms with Crippen molar-refractivity contribution in [3.8, 4) is 11.3 Å². The van der Waals surface area contributed by atoms with Crippen molar-refractivity contribution < 1.29 is 18.3 Å². The molecule has 0 aliphatic rings. The Morgan fingerprint density at radius 2 is 2.11 bits per heavy atom. The molecule has 0 saturated heterocycles. The minimum absolute atomic E-state index is 0.308. The molecule has 4 nitrogen and oxygen atoms in total. The van der Waals surface area contributed by atoms with E-state index in [0.717, 1.165) is 5.56 Å². The first kappa shape index (κ1) is 13.6. The van der Waals surface area contributed by atoms with Gasteiger partial charge in [0.05, 0.1) is 13.3 Å². The lowest BCUT2D eigenvalue weighted by atomic mass is 10.2. The summed E-state index contributed by atoms with van der Waals surface area (Å²) in [5.41, 5.74) is 0.728. The van der Waals surface area contributed by atoms with Gasteiger partial charge in [0, 0.05) is 5.56 Å². The molecule has 0 saturated carbocycles. The van der Waals surface area contributed by atoms with Crippen molar-refractivity contribution in [2.45, 2.75) is 17.4 Å². The van der Waals surface area contributed by atoms with Crippen molar-refractivity contribution in [3.05, 3.63) is 36.3 Å². The van der Waals surface area contributed by atoms with Gasteiger partial charge in [-0.2, -0.15) is 0 Å². The number of nitrogens with zero attached hydrogens (tertiary/aromatic N) is 1. The van der Waals surface area contributed by atoms with E-state index >= 15 is 0 Å². The minimum atomic E-state index is -0.398. The Labute approximate surface area is 114 Å². The highest BCUT2D eigenvalue weighted by Gasteiger charge is 2.18. The van der Waals surface area contributed by atoms with Crippen LogP contribution < -0.4 is 0 Å². The number of thioether (sulfide) groups is 1. The normalized spacial score (nSPS) is 12.2. The van der Waals surface area contributed by atoms with Crippen LogP contribution in [-0.4, -0.2) is 23.3 Å². The van der Waals surface area contributed by atoms with Gasteiger partial charge in [0.1, 0.15) is 11.1 Å². The standard InChI is InChI=1S/C13H12FNO3S/c1-8(12(16)17-2)19-13-15-7-11(18-13)9-3-5-10(14)6-4-9/h3-8H,1-2H3. The minimum Gasteiger partial charge on any atom is -0.468 e. The second-order valence-corrected chi connectivity index (χ2v) is 5.07. The smallest absolute Gasteiger partial charge is 0.319 e. The second-order valence-electron chi connectivity index (χ2n) is 3.78. The maximum absolute atomic E-state index is 12.8. The monoisotopic (exact) mass is 281 g/mol. The Kier molecular flexibility index (Phi) is 4.21. The average molecular weight is 281 g/mol. The third kappa shape index (κ3) is 3.35. The maximum Gasteiger partial charge on any atom is 0.319 e. The number of oxazole rings is 1. The molecule has 6 heteroatoms. The van der Waals surface area contributed by atoms with E-state index in [2.05, 4.69) is 9.72 Å². The van der Waals surface area contributed by atoms with Crippen molar-refractivity contribution in [1.82, 2.24) is 4.98 Å². The molecule has 2 rings (SSSR count). The van der Waals surface area contributed by atoms with Gasteiger partial charge >= 0.3 is 5.97 Å². The zero-order chi connectivity index (χ0) is 13.8. The molecule has 0 aliphatic heterocycles. The predicted octanol–water partition coefficient (Wildman–Crippen LogP) is 3.13. The van der Waals surface area contributed by atoms with Crippen LogP contribution in [0.25, 0.3) is 11.3 Å². The molecule has 0 fully saturated rings.